The monoisotopic (exact) mass is 311 g/mol. The maximum Gasteiger partial charge on any atom is 0.265 e. The number of amides is 1. The molecule has 3 N–H and O–H groups in total. The van der Waals surface area contributed by atoms with Crippen molar-refractivity contribution in [1.29, 1.82) is 0 Å². The summed E-state index contributed by atoms with van der Waals surface area (Å²) in [5.74, 6) is 0.233. The number of hydrogen-bond acceptors (Lipinski definition) is 6. The van der Waals surface area contributed by atoms with Crippen molar-refractivity contribution in [2.24, 2.45) is 0 Å². The number of nitrogen functional groups attached to an aromatic ring is 1. The number of hydrogen-bond donors (Lipinski definition) is 2. The summed E-state index contributed by atoms with van der Waals surface area (Å²) in [6, 6.07) is 0.245. The zero-order chi connectivity index (χ0) is 15.4. The van der Waals surface area contributed by atoms with Crippen LogP contribution in [-0.4, -0.2) is 55.6 Å². The maximum atomic E-state index is 12.3. The highest BCUT2D eigenvalue weighted by Gasteiger charge is 2.23. The van der Waals surface area contributed by atoms with Gasteiger partial charge in [-0.05, 0) is 25.8 Å². The van der Waals surface area contributed by atoms with E-state index in [1.807, 2.05) is 19.0 Å². The minimum atomic E-state index is -0.0907. The van der Waals surface area contributed by atoms with E-state index in [-0.39, 0.29) is 11.9 Å². The van der Waals surface area contributed by atoms with Crippen molar-refractivity contribution in [3.05, 3.63) is 4.88 Å². The van der Waals surface area contributed by atoms with Gasteiger partial charge in [-0.3, -0.25) is 4.79 Å². The van der Waals surface area contributed by atoms with Crippen molar-refractivity contribution in [2.75, 3.05) is 44.4 Å². The Balaban J connectivity index is 1.90. The van der Waals surface area contributed by atoms with Gasteiger partial charge < -0.3 is 20.9 Å². The van der Waals surface area contributed by atoms with Gasteiger partial charge in [0.15, 0.2) is 5.13 Å². The minimum absolute atomic E-state index is 0.0907. The number of nitrogens with two attached hydrogens (primary N) is 1. The number of aromatic nitrogens is 1. The van der Waals surface area contributed by atoms with Gasteiger partial charge in [0.05, 0.1) is 0 Å². The zero-order valence-corrected chi connectivity index (χ0v) is 13.9. The summed E-state index contributed by atoms with van der Waals surface area (Å²) in [7, 11) is 3.78. The van der Waals surface area contributed by atoms with Crippen molar-refractivity contribution >= 4 is 28.2 Å². The average Bonchev–Trinajstić information content (AvgIpc) is 2.84. The molecule has 2 heterocycles. The Morgan fingerprint density at radius 2 is 2.14 bits per heavy atom. The van der Waals surface area contributed by atoms with Gasteiger partial charge in [-0.25, -0.2) is 4.98 Å². The molecule has 0 aromatic carbocycles. The highest BCUT2D eigenvalue weighted by atomic mass is 32.1. The van der Waals surface area contributed by atoms with Crippen LogP contribution in [0.25, 0.3) is 0 Å². The second kappa shape index (κ2) is 7.09. The molecule has 2 rings (SSSR count). The second-order valence-corrected chi connectivity index (χ2v) is 6.67. The van der Waals surface area contributed by atoms with Crippen molar-refractivity contribution in [3.63, 3.8) is 0 Å². The summed E-state index contributed by atoms with van der Waals surface area (Å²) in [6.07, 6.45) is 3.19. The van der Waals surface area contributed by atoms with E-state index in [0.717, 1.165) is 37.6 Å². The van der Waals surface area contributed by atoms with Gasteiger partial charge in [0.25, 0.3) is 5.91 Å². The predicted octanol–water partition coefficient (Wildman–Crippen LogP) is 1.40. The van der Waals surface area contributed by atoms with Crippen LogP contribution in [0, 0.1) is 0 Å². The first kappa shape index (κ1) is 16.0. The van der Waals surface area contributed by atoms with Crippen LogP contribution in [0.5, 0.6) is 0 Å². The molecule has 21 heavy (non-hydrogen) atoms. The Labute approximate surface area is 130 Å². The highest BCUT2D eigenvalue weighted by molar-refractivity contribution is 7.18. The third-order valence-corrected chi connectivity index (χ3v) is 4.93. The molecule has 1 amide bonds. The normalized spacial score (nSPS) is 16.9. The van der Waals surface area contributed by atoms with Gasteiger partial charge in [-0.2, -0.15) is 0 Å². The van der Waals surface area contributed by atoms with E-state index in [1.54, 1.807) is 0 Å². The average molecular weight is 311 g/mol. The molecule has 1 aromatic rings. The molecular formula is C14H25N5OS. The number of carbonyl (C=O) groups is 1. The largest absolute Gasteiger partial charge is 0.382 e. The molecule has 7 heteroatoms. The van der Waals surface area contributed by atoms with Crippen molar-refractivity contribution < 1.29 is 4.79 Å². The summed E-state index contributed by atoms with van der Waals surface area (Å²) < 4.78 is 0. The SMILES string of the molecule is CCCN1CCC(NC(=O)c2sc(N(C)C)nc2N)CC1. The van der Waals surface area contributed by atoms with Gasteiger partial charge in [0.1, 0.15) is 10.7 Å². The molecule has 0 bridgehead atoms. The van der Waals surface area contributed by atoms with E-state index in [0.29, 0.717) is 10.7 Å². The Bertz CT molecular complexity index is 480. The van der Waals surface area contributed by atoms with Gasteiger partial charge in [0.2, 0.25) is 0 Å². The lowest BCUT2D eigenvalue weighted by molar-refractivity contribution is 0.0916. The minimum Gasteiger partial charge on any atom is -0.382 e. The molecule has 1 saturated heterocycles. The molecule has 118 valence electrons. The van der Waals surface area contributed by atoms with Crippen LogP contribution in [0.2, 0.25) is 0 Å². The molecule has 1 fully saturated rings. The van der Waals surface area contributed by atoms with Crippen LogP contribution in [0.1, 0.15) is 35.9 Å². The Morgan fingerprint density at radius 1 is 1.48 bits per heavy atom. The van der Waals surface area contributed by atoms with Gasteiger partial charge in [-0.1, -0.05) is 18.3 Å². The fourth-order valence-electron chi connectivity index (χ4n) is 2.54. The highest BCUT2D eigenvalue weighted by Crippen LogP contribution is 2.27. The lowest BCUT2D eigenvalue weighted by Crippen LogP contribution is -2.44. The number of piperidine rings is 1. The molecule has 0 aliphatic carbocycles. The summed E-state index contributed by atoms with van der Waals surface area (Å²) >= 11 is 1.34. The molecule has 0 spiro atoms. The topological polar surface area (TPSA) is 74.5 Å². The van der Waals surface area contributed by atoms with Crippen molar-refractivity contribution in [2.45, 2.75) is 32.2 Å². The standard InChI is InChI=1S/C14H25N5OS/c1-4-7-19-8-5-10(6-9-19)16-13(20)11-12(15)17-14(21-11)18(2)3/h10H,4-9,15H2,1-3H3,(H,16,20). The van der Waals surface area contributed by atoms with Gasteiger partial charge >= 0.3 is 0 Å². The molecule has 0 saturated carbocycles. The summed E-state index contributed by atoms with van der Waals surface area (Å²) in [5.41, 5.74) is 5.85. The fraction of sp³-hybridized carbons (Fsp3) is 0.714. The Hall–Kier alpha value is -1.34. The molecule has 0 radical (unpaired) electrons. The van der Waals surface area contributed by atoms with Crippen LogP contribution in [0.3, 0.4) is 0 Å². The van der Waals surface area contributed by atoms with E-state index < -0.39 is 0 Å². The van der Waals surface area contributed by atoms with E-state index in [1.165, 1.54) is 17.8 Å². The molecule has 1 aliphatic rings. The lowest BCUT2D eigenvalue weighted by Gasteiger charge is -2.31. The van der Waals surface area contributed by atoms with Gasteiger partial charge in [0, 0.05) is 33.2 Å². The smallest absolute Gasteiger partial charge is 0.265 e. The second-order valence-electron chi connectivity index (χ2n) is 5.69. The number of carbonyl (C=O) groups excluding carboxylic acids is 1. The quantitative estimate of drug-likeness (QED) is 0.860. The zero-order valence-electron chi connectivity index (χ0n) is 13.1. The molecule has 1 aromatic heterocycles. The number of thiazole rings is 1. The number of rotatable bonds is 5. The maximum absolute atomic E-state index is 12.3. The molecule has 6 nitrogen and oxygen atoms in total. The van der Waals surface area contributed by atoms with E-state index in [9.17, 15) is 4.79 Å². The molecule has 0 atom stereocenters. The third-order valence-electron chi connectivity index (χ3n) is 3.69. The van der Waals surface area contributed by atoms with E-state index in [2.05, 4.69) is 22.1 Å². The Morgan fingerprint density at radius 3 is 2.67 bits per heavy atom. The van der Waals surface area contributed by atoms with Crippen LogP contribution in [0.4, 0.5) is 10.9 Å². The van der Waals surface area contributed by atoms with Crippen LogP contribution < -0.4 is 16.0 Å². The first-order chi connectivity index (χ1) is 10.0. The van der Waals surface area contributed by atoms with Gasteiger partial charge in [-0.15, -0.1) is 0 Å². The number of likely N-dealkylation sites (tertiary alicyclic amines) is 1. The van der Waals surface area contributed by atoms with Crippen LogP contribution >= 0.6 is 11.3 Å². The first-order valence-electron chi connectivity index (χ1n) is 7.48. The predicted molar refractivity (Wildman–Crippen MR) is 88.1 cm³/mol. The summed E-state index contributed by atoms with van der Waals surface area (Å²) in [5, 5.41) is 3.86. The van der Waals surface area contributed by atoms with E-state index in [4.69, 9.17) is 5.73 Å². The van der Waals surface area contributed by atoms with Crippen molar-refractivity contribution in [1.82, 2.24) is 15.2 Å². The van der Waals surface area contributed by atoms with Crippen LogP contribution in [0.15, 0.2) is 0 Å². The Kier molecular flexibility index (Phi) is 5.41. The molecule has 1 aliphatic heterocycles. The molecule has 0 unspecified atom stereocenters. The number of nitrogens with one attached hydrogen (secondary N) is 1. The summed E-state index contributed by atoms with van der Waals surface area (Å²) in [6.45, 7) is 5.46. The number of nitrogens with zero attached hydrogens (tertiary/aromatic N) is 3. The molecular weight excluding hydrogens is 286 g/mol. The van der Waals surface area contributed by atoms with E-state index >= 15 is 0 Å². The summed E-state index contributed by atoms with van der Waals surface area (Å²) in [4.78, 5) is 21.4. The lowest BCUT2D eigenvalue weighted by atomic mass is 10.0. The first-order valence-corrected chi connectivity index (χ1v) is 8.29. The fourth-order valence-corrected chi connectivity index (χ4v) is 3.35. The number of anilines is 2. The van der Waals surface area contributed by atoms with Crippen LogP contribution in [-0.2, 0) is 0 Å². The third kappa shape index (κ3) is 4.07. The van der Waals surface area contributed by atoms with Crippen molar-refractivity contribution in [3.8, 4) is 0 Å².